The summed E-state index contributed by atoms with van der Waals surface area (Å²) >= 11 is 0. The van der Waals surface area contributed by atoms with Gasteiger partial charge in [-0.3, -0.25) is 4.98 Å². The van der Waals surface area contributed by atoms with Gasteiger partial charge in [-0.25, -0.2) is 0 Å². The average molecular weight is 300 g/mol. The highest BCUT2D eigenvalue weighted by molar-refractivity contribution is 6.09. The molecule has 2 aromatic heterocycles. The Balaban J connectivity index is 2.00. The van der Waals surface area contributed by atoms with Crippen molar-refractivity contribution >= 4 is 21.8 Å². The summed E-state index contributed by atoms with van der Waals surface area (Å²) in [4.78, 5) is 4.48. The molecule has 0 aliphatic rings. The van der Waals surface area contributed by atoms with Crippen molar-refractivity contribution < 1.29 is 0 Å². The van der Waals surface area contributed by atoms with E-state index in [0.29, 0.717) is 5.92 Å². The number of para-hydroxylation sites is 1. The third-order valence-corrected chi connectivity index (χ3v) is 4.28. The Labute approximate surface area is 136 Å². The Morgan fingerprint density at radius 3 is 2.43 bits per heavy atom. The fraction of sp³-hybridized carbons (Fsp3) is 0.190. The van der Waals surface area contributed by atoms with Crippen molar-refractivity contribution in [1.82, 2.24) is 9.55 Å². The summed E-state index contributed by atoms with van der Waals surface area (Å²) in [6.07, 6.45) is 1.85. The number of benzene rings is 2. The molecule has 0 saturated heterocycles. The first kappa shape index (κ1) is 14.0. The van der Waals surface area contributed by atoms with Crippen LogP contribution in [0.5, 0.6) is 0 Å². The summed E-state index contributed by atoms with van der Waals surface area (Å²) in [7, 11) is 0. The van der Waals surface area contributed by atoms with E-state index in [4.69, 9.17) is 0 Å². The highest BCUT2D eigenvalue weighted by atomic mass is 15.0. The summed E-state index contributed by atoms with van der Waals surface area (Å²) < 4.78 is 2.44. The van der Waals surface area contributed by atoms with Crippen LogP contribution in [0, 0.1) is 5.92 Å². The zero-order valence-corrected chi connectivity index (χ0v) is 13.5. The summed E-state index contributed by atoms with van der Waals surface area (Å²) in [6, 6.07) is 21.4. The van der Waals surface area contributed by atoms with Crippen molar-refractivity contribution in [2.75, 3.05) is 0 Å². The maximum absolute atomic E-state index is 4.48. The van der Waals surface area contributed by atoms with E-state index in [1.165, 1.54) is 27.4 Å². The lowest BCUT2D eigenvalue weighted by atomic mass is 10.1. The first-order chi connectivity index (χ1) is 11.2. The molecule has 4 aromatic rings. The number of hydrogen-bond donors (Lipinski definition) is 0. The molecule has 0 aliphatic heterocycles. The van der Waals surface area contributed by atoms with E-state index in [0.717, 1.165) is 12.2 Å². The molecule has 0 saturated carbocycles. The van der Waals surface area contributed by atoms with Crippen LogP contribution in [0.3, 0.4) is 0 Å². The van der Waals surface area contributed by atoms with E-state index in [9.17, 15) is 0 Å². The Morgan fingerprint density at radius 2 is 1.65 bits per heavy atom. The van der Waals surface area contributed by atoms with Crippen LogP contribution in [0.1, 0.15) is 13.8 Å². The van der Waals surface area contributed by atoms with Gasteiger partial charge in [0.1, 0.15) is 0 Å². The van der Waals surface area contributed by atoms with Gasteiger partial charge in [-0.15, -0.1) is 0 Å². The van der Waals surface area contributed by atoms with Gasteiger partial charge in [0.25, 0.3) is 0 Å². The molecule has 2 heteroatoms. The van der Waals surface area contributed by atoms with Crippen LogP contribution in [0.4, 0.5) is 0 Å². The van der Waals surface area contributed by atoms with Crippen LogP contribution < -0.4 is 0 Å². The molecule has 0 spiro atoms. The van der Waals surface area contributed by atoms with Crippen molar-refractivity contribution in [1.29, 1.82) is 0 Å². The smallest absolute Gasteiger partial charge is 0.0702 e. The van der Waals surface area contributed by atoms with Gasteiger partial charge in [0.2, 0.25) is 0 Å². The van der Waals surface area contributed by atoms with Crippen molar-refractivity contribution in [3.05, 3.63) is 66.9 Å². The number of nitrogens with zero attached hydrogens (tertiary/aromatic N) is 2. The molecule has 0 bridgehead atoms. The van der Waals surface area contributed by atoms with Gasteiger partial charge in [0.05, 0.1) is 5.69 Å². The third kappa shape index (κ3) is 2.40. The molecule has 0 fully saturated rings. The number of hydrogen-bond acceptors (Lipinski definition) is 1. The van der Waals surface area contributed by atoms with Gasteiger partial charge >= 0.3 is 0 Å². The summed E-state index contributed by atoms with van der Waals surface area (Å²) in [6.45, 7) is 5.57. The van der Waals surface area contributed by atoms with Crippen LogP contribution in [0.25, 0.3) is 33.1 Å². The SMILES string of the molecule is CC(C)Cn1c2ccccc2c2cc(-c3ccccn3)ccc21. The molecular weight excluding hydrogens is 280 g/mol. The maximum Gasteiger partial charge on any atom is 0.0702 e. The van der Waals surface area contributed by atoms with E-state index >= 15 is 0 Å². The molecule has 4 rings (SSSR count). The quantitative estimate of drug-likeness (QED) is 0.487. The van der Waals surface area contributed by atoms with Gasteiger partial charge in [-0.05, 0) is 36.2 Å². The number of fused-ring (bicyclic) bond motifs is 3. The number of aromatic nitrogens is 2. The molecule has 0 amide bonds. The standard InChI is InChI=1S/C21H20N2/c1-15(2)14-23-20-9-4-3-7-17(20)18-13-16(10-11-21(18)23)19-8-5-6-12-22-19/h3-13,15H,14H2,1-2H3. The number of pyridine rings is 1. The molecular formula is C21H20N2. The lowest BCUT2D eigenvalue weighted by Crippen LogP contribution is -2.03. The molecule has 2 nitrogen and oxygen atoms in total. The van der Waals surface area contributed by atoms with E-state index < -0.39 is 0 Å². The molecule has 0 N–H and O–H groups in total. The molecule has 2 aromatic carbocycles. The van der Waals surface area contributed by atoms with E-state index in [-0.39, 0.29) is 0 Å². The molecule has 0 atom stereocenters. The largest absolute Gasteiger partial charge is 0.340 e. The highest BCUT2D eigenvalue weighted by Crippen LogP contribution is 2.32. The summed E-state index contributed by atoms with van der Waals surface area (Å²) in [5.74, 6) is 0.615. The lowest BCUT2D eigenvalue weighted by molar-refractivity contribution is 0.545. The van der Waals surface area contributed by atoms with E-state index in [1.54, 1.807) is 0 Å². The summed E-state index contributed by atoms with van der Waals surface area (Å²) in [5, 5.41) is 2.63. The summed E-state index contributed by atoms with van der Waals surface area (Å²) in [5.41, 5.74) is 4.81. The Kier molecular flexibility index (Phi) is 3.38. The fourth-order valence-corrected chi connectivity index (χ4v) is 3.31. The van der Waals surface area contributed by atoms with Crippen LogP contribution in [0.2, 0.25) is 0 Å². The predicted octanol–water partition coefficient (Wildman–Crippen LogP) is 5.51. The van der Waals surface area contributed by atoms with Crippen LogP contribution in [-0.4, -0.2) is 9.55 Å². The van der Waals surface area contributed by atoms with Crippen LogP contribution in [-0.2, 0) is 6.54 Å². The first-order valence-corrected chi connectivity index (χ1v) is 8.16. The molecule has 0 unspecified atom stereocenters. The first-order valence-electron chi connectivity index (χ1n) is 8.16. The van der Waals surface area contributed by atoms with Crippen molar-refractivity contribution in [3.8, 4) is 11.3 Å². The van der Waals surface area contributed by atoms with Crippen LogP contribution >= 0.6 is 0 Å². The Hall–Kier alpha value is -2.61. The predicted molar refractivity (Wildman–Crippen MR) is 97.5 cm³/mol. The second-order valence-electron chi connectivity index (χ2n) is 6.47. The highest BCUT2D eigenvalue weighted by Gasteiger charge is 2.12. The third-order valence-electron chi connectivity index (χ3n) is 4.28. The normalized spacial score (nSPS) is 11.6. The Morgan fingerprint density at radius 1 is 0.870 bits per heavy atom. The topological polar surface area (TPSA) is 17.8 Å². The van der Waals surface area contributed by atoms with Crippen molar-refractivity contribution in [2.24, 2.45) is 5.92 Å². The molecule has 0 aliphatic carbocycles. The monoisotopic (exact) mass is 300 g/mol. The van der Waals surface area contributed by atoms with Crippen molar-refractivity contribution in [2.45, 2.75) is 20.4 Å². The van der Waals surface area contributed by atoms with E-state index in [1.807, 2.05) is 18.3 Å². The molecule has 2 heterocycles. The lowest BCUT2D eigenvalue weighted by Gasteiger charge is -2.10. The zero-order valence-electron chi connectivity index (χ0n) is 13.5. The minimum absolute atomic E-state index is 0.615. The van der Waals surface area contributed by atoms with Gasteiger partial charge in [-0.1, -0.05) is 44.2 Å². The van der Waals surface area contributed by atoms with E-state index in [2.05, 4.69) is 71.9 Å². The second kappa shape index (κ2) is 5.54. The van der Waals surface area contributed by atoms with Gasteiger partial charge in [-0.2, -0.15) is 0 Å². The van der Waals surface area contributed by atoms with Crippen LogP contribution in [0.15, 0.2) is 66.9 Å². The minimum Gasteiger partial charge on any atom is -0.340 e. The molecule has 23 heavy (non-hydrogen) atoms. The van der Waals surface area contributed by atoms with Crippen molar-refractivity contribution in [3.63, 3.8) is 0 Å². The molecule has 114 valence electrons. The van der Waals surface area contributed by atoms with Gasteiger partial charge < -0.3 is 4.57 Å². The second-order valence-corrected chi connectivity index (χ2v) is 6.47. The Bertz CT molecular complexity index is 965. The zero-order chi connectivity index (χ0) is 15.8. The van der Waals surface area contributed by atoms with Gasteiger partial charge in [0, 0.05) is 40.1 Å². The minimum atomic E-state index is 0.615. The number of rotatable bonds is 3. The fourth-order valence-electron chi connectivity index (χ4n) is 3.31. The average Bonchev–Trinajstić information content (AvgIpc) is 2.89. The van der Waals surface area contributed by atoms with Gasteiger partial charge in [0.15, 0.2) is 0 Å². The molecule has 0 radical (unpaired) electrons. The maximum atomic E-state index is 4.48.